The van der Waals surface area contributed by atoms with Gasteiger partial charge in [-0.05, 0) is 36.4 Å². The molecule has 0 atom stereocenters. The normalized spacial score (nSPS) is 11.4. The Kier molecular flexibility index (Phi) is 6.22. The quantitative estimate of drug-likeness (QED) is 0.484. The van der Waals surface area contributed by atoms with Crippen molar-refractivity contribution in [1.29, 1.82) is 0 Å². The predicted molar refractivity (Wildman–Crippen MR) is 98.2 cm³/mol. The van der Waals surface area contributed by atoms with Crippen LogP contribution < -0.4 is 9.47 Å². The first-order chi connectivity index (χ1) is 12.9. The van der Waals surface area contributed by atoms with E-state index in [0.29, 0.717) is 17.4 Å². The Morgan fingerprint density at radius 2 is 1.81 bits per heavy atom. The van der Waals surface area contributed by atoms with E-state index < -0.39 is 11.7 Å². The van der Waals surface area contributed by atoms with E-state index >= 15 is 0 Å². The number of halogens is 3. The van der Waals surface area contributed by atoms with E-state index in [1.54, 1.807) is 7.11 Å². The molecular formula is C18H15F3N2O2S2. The van der Waals surface area contributed by atoms with Gasteiger partial charge in [0.25, 0.3) is 0 Å². The lowest BCUT2D eigenvalue weighted by Crippen LogP contribution is -2.05. The van der Waals surface area contributed by atoms with E-state index in [-0.39, 0.29) is 0 Å². The van der Waals surface area contributed by atoms with Gasteiger partial charge < -0.3 is 9.47 Å². The van der Waals surface area contributed by atoms with E-state index in [1.165, 1.54) is 29.2 Å². The Morgan fingerprint density at radius 3 is 2.44 bits per heavy atom. The molecule has 0 aliphatic carbocycles. The van der Waals surface area contributed by atoms with E-state index in [0.717, 1.165) is 34.5 Å². The maximum absolute atomic E-state index is 12.5. The molecule has 4 nitrogen and oxygen atoms in total. The monoisotopic (exact) mass is 412 g/mol. The summed E-state index contributed by atoms with van der Waals surface area (Å²) in [6.45, 7) is 0.347. The molecular weight excluding hydrogens is 397 g/mol. The van der Waals surface area contributed by atoms with E-state index in [4.69, 9.17) is 9.47 Å². The van der Waals surface area contributed by atoms with Gasteiger partial charge in [0, 0.05) is 17.3 Å². The molecule has 0 bridgehead atoms. The number of ether oxygens (including phenoxy) is 2. The highest BCUT2D eigenvalue weighted by Gasteiger charge is 2.30. The number of thiazole rings is 1. The average Bonchev–Trinajstić information content (AvgIpc) is 3.13. The summed E-state index contributed by atoms with van der Waals surface area (Å²) in [6.07, 6.45) is -3.53. The van der Waals surface area contributed by atoms with Crippen molar-refractivity contribution in [2.24, 2.45) is 0 Å². The maximum atomic E-state index is 12.5. The van der Waals surface area contributed by atoms with Gasteiger partial charge in [-0.1, -0.05) is 0 Å². The van der Waals surface area contributed by atoms with Gasteiger partial charge in [-0.15, -0.1) is 23.1 Å². The molecule has 0 unspecified atom stereocenters. The molecule has 0 fully saturated rings. The maximum Gasteiger partial charge on any atom is 0.417 e. The van der Waals surface area contributed by atoms with E-state index in [2.05, 4.69) is 9.97 Å². The molecule has 2 heterocycles. The fraction of sp³-hybridized carbons (Fsp3) is 0.222. The first-order valence-electron chi connectivity index (χ1n) is 7.80. The topological polar surface area (TPSA) is 44.2 Å². The molecule has 0 N–H and O–H groups in total. The summed E-state index contributed by atoms with van der Waals surface area (Å²) in [5.74, 6) is 2.00. The minimum atomic E-state index is -4.37. The van der Waals surface area contributed by atoms with Crippen molar-refractivity contribution in [1.82, 2.24) is 9.97 Å². The SMILES string of the molecule is COc1ccc(OCc2nc(CSc3ccc(C(F)(F)F)cn3)cs2)cc1. The Hall–Kier alpha value is -2.26. The molecule has 1 aromatic carbocycles. The summed E-state index contributed by atoms with van der Waals surface area (Å²) < 4.78 is 48.4. The molecule has 27 heavy (non-hydrogen) atoms. The highest BCUT2D eigenvalue weighted by Crippen LogP contribution is 2.30. The summed E-state index contributed by atoms with van der Waals surface area (Å²) in [4.78, 5) is 8.31. The average molecular weight is 412 g/mol. The number of nitrogens with zero attached hydrogens (tertiary/aromatic N) is 2. The van der Waals surface area contributed by atoms with Gasteiger partial charge in [0.1, 0.15) is 23.1 Å². The number of rotatable bonds is 7. The van der Waals surface area contributed by atoms with Crippen LogP contribution in [0.1, 0.15) is 16.3 Å². The molecule has 0 spiro atoms. The standard InChI is InChI=1S/C18H15F3N2O2S2/c1-24-14-3-5-15(6-4-14)25-9-17-23-13(11-27-17)10-26-16-7-2-12(8-22-16)18(19,20)21/h2-8,11H,9-10H2,1H3. The Labute approximate surface area is 162 Å². The fourth-order valence-electron chi connectivity index (χ4n) is 2.08. The first kappa shape index (κ1) is 19.5. The number of alkyl halides is 3. The van der Waals surface area contributed by atoms with Crippen LogP contribution in [0.4, 0.5) is 13.2 Å². The van der Waals surface area contributed by atoms with Gasteiger partial charge in [0.2, 0.25) is 0 Å². The highest BCUT2D eigenvalue weighted by molar-refractivity contribution is 7.98. The van der Waals surface area contributed by atoms with Gasteiger partial charge in [0.15, 0.2) is 0 Å². The molecule has 0 saturated carbocycles. The van der Waals surface area contributed by atoms with Crippen molar-refractivity contribution in [3.05, 3.63) is 64.2 Å². The van der Waals surface area contributed by atoms with Crippen molar-refractivity contribution in [3.8, 4) is 11.5 Å². The highest BCUT2D eigenvalue weighted by atomic mass is 32.2. The lowest BCUT2D eigenvalue weighted by atomic mass is 10.3. The third-order valence-corrected chi connectivity index (χ3v) is 5.30. The number of thioether (sulfide) groups is 1. The van der Waals surface area contributed by atoms with Crippen LogP contribution in [-0.4, -0.2) is 17.1 Å². The lowest BCUT2D eigenvalue weighted by molar-refractivity contribution is -0.137. The number of methoxy groups -OCH3 is 1. The number of hydrogen-bond donors (Lipinski definition) is 0. The predicted octanol–water partition coefficient (Wildman–Crippen LogP) is 5.44. The molecule has 3 aromatic rings. The third kappa shape index (κ3) is 5.61. The summed E-state index contributed by atoms with van der Waals surface area (Å²) in [7, 11) is 1.60. The van der Waals surface area contributed by atoms with Crippen LogP contribution in [0.15, 0.2) is 53.0 Å². The third-order valence-electron chi connectivity index (χ3n) is 3.45. The van der Waals surface area contributed by atoms with Crippen molar-refractivity contribution >= 4 is 23.1 Å². The number of pyridine rings is 1. The summed E-state index contributed by atoms with van der Waals surface area (Å²) >= 11 is 2.81. The second kappa shape index (κ2) is 8.62. The molecule has 142 valence electrons. The van der Waals surface area contributed by atoms with Gasteiger partial charge >= 0.3 is 6.18 Å². The Bertz CT molecular complexity index is 866. The van der Waals surface area contributed by atoms with Crippen LogP contribution in [0.2, 0.25) is 0 Å². The number of aromatic nitrogens is 2. The zero-order valence-corrected chi connectivity index (χ0v) is 15.8. The van der Waals surface area contributed by atoms with Crippen LogP contribution in [-0.2, 0) is 18.5 Å². The van der Waals surface area contributed by atoms with Crippen LogP contribution in [0.5, 0.6) is 11.5 Å². The fourth-order valence-corrected chi connectivity index (χ4v) is 3.63. The molecule has 0 amide bonds. The Balaban J connectivity index is 1.50. The zero-order chi connectivity index (χ0) is 19.3. The van der Waals surface area contributed by atoms with E-state index in [1.807, 2.05) is 29.6 Å². The molecule has 0 aliphatic rings. The summed E-state index contributed by atoms with van der Waals surface area (Å²) in [5, 5.41) is 3.25. The largest absolute Gasteiger partial charge is 0.497 e. The number of hydrogen-bond acceptors (Lipinski definition) is 6. The molecule has 0 aliphatic heterocycles. The van der Waals surface area contributed by atoms with Crippen molar-refractivity contribution in [3.63, 3.8) is 0 Å². The molecule has 0 saturated heterocycles. The van der Waals surface area contributed by atoms with Gasteiger partial charge in [-0.25, -0.2) is 9.97 Å². The van der Waals surface area contributed by atoms with Crippen molar-refractivity contribution in [2.45, 2.75) is 23.6 Å². The molecule has 9 heteroatoms. The molecule has 0 radical (unpaired) electrons. The van der Waals surface area contributed by atoms with Crippen molar-refractivity contribution < 1.29 is 22.6 Å². The van der Waals surface area contributed by atoms with Crippen LogP contribution in [0, 0.1) is 0 Å². The molecule has 2 aromatic heterocycles. The second-order valence-corrected chi connectivity index (χ2v) is 7.31. The number of benzene rings is 1. The van der Waals surface area contributed by atoms with Crippen molar-refractivity contribution in [2.75, 3.05) is 7.11 Å². The van der Waals surface area contributed by atoms with Crippen LogP contribution in [0.25, 0.3) is 0 Å². The smallest absolute Gasteiger partial charge is 0.417 e. The Morgan fingerprint density at radius 1 is 1.07 bits per heavy atom. The molecule has 3 rings (SSSR count). The van der Waals surface area contributed by atoms with E-state index in [9.17, 15) is 13.2 Å². The second-order valence-electron chi connectivity index (χ2n) is 5.37. The minimum Gasteiger partial charge on any atom is -0.497 e. The minimum absolute atomic E-state index is 0.347. The van der Waals surface area contributed by atoms with Gasteiger partial charge in [-0.3, -0.25) is 0 Å². The van der Waals surface area contributed by atoms with Crippen LogP contribution >= 0.6 is 23.1 Å². The lowest BCUT2D eigenvalue weighted by Gasteiger charge is -2.06. The van der Waals surface area contributed by atoms with Crippen LogP contribution in [0.3, 0.4) is 0 Å². The first-order valence-corrected chi connectivity index (χ1v) is 9.67. The summed E-state index contributed by atoms with van der Waals surface area (Å²) in [5.41, 5.74) is 0.0819. The summed E-state index contributed by atoms with van der Waals surface area (Å²) in [6, 6.07) is 9.67. The van der Waals surface area contributed by atoms with Gasteiger partial charge in [-0.2, -0.15) is 13.2 Å². The zero-order valence-electron chi connectivity index (χ0n) is 14.2. The van der Waals surface area contributed by atoms with Gasteiger partial charge in [0.05, 0.1) is 23.4 Å².